The highest BCUT2D eigenvalue weighted by molar-refractivity contribution is 7.15. The lowest BCUT2D eigenvalue weighted by molar-refractivity contribution is 0.323. The molecule has 0 bridgehead atoms. The Kier molecular flexibility index (Phi) is 9.22. The van der Waals surface area contributed by atoms with Crippen LogP contribution in [-0.4, -0.2) is 16.5 Å². The highest BCUT2D eigenvalue weighted by atomic mass is 32.1. The topological polar surface area (TPSA) is 29.0 Å². The smallest absolute Gasteiger partial charge is 0.133 e. The second-order valence-electron chi connectivity index (χ2n) is 12.3. The van der Waals surface area contributed by atoms with Crippen molar-refractivity contribution in [2.45, 2.75) is 104 Å². The first kappa shape index (κ1) is 28.1. The van der Waals surface area contributed by atoms with Crippen molar-refractivity contribution in [1.82, 2.24) is 9.97 Å². The summed E-state index contributed by atoms with van der Waals surface area (Å²) in [6.07, 6.45) is 16.8. The first-order valence-corrected chi connectivity index (χ1v) is 16.2. The Morgan fingerprint density at radius 3 is 2.44 bits per heavy atom. The molecule has 2 aliphatic rings. The van der Waals surface area contributed by atoms with Crippen LogP contribution in [0.15, 0.2) is 55.0 Å². The van der Waals surface area contributed by atoms with Crippen LogP contribution in [0.5, 0.6) is 0 Å². The Bertz CT molecular complexity index is 1240. The fraction of sp³-hybridized carbons (Fsp3) is 0.543. The van der Waals surface area contributed by atoms with Gasteiger partial charge < -0.3 is 4.90 Å². The maximum absolute atomic E-state index is 4.93. The summed E-state index contributed by atoms with van der Waals surface area (Å²) in [5.74, 6) is 3.48. The van der Waals surface area contributed by atoms with E-state index in [9.17, 15) is 0 Å². The van der Waals surface area contributed by atoms with Gasteiger partial charge in [-0.2, -0.15) is 0 Å². The second-order valence-corrected chi connectivity index (χ2v) is 13.4. The van der Waals surface area contributed by atoms with Gasteiger partial charge in [-0.05, 0) is 104 Å². The molecule has 2 aliphatic carbocycles. The van der Waals surface area contributed by atoms with E-state index < -0.39 is 0 Å². The van der Waals surface area contributed by atoms with E-state index in [4.69, 9.17) is 11.6 Å². The molecule has 2 saturated carbocycles. The fourth-order valence-corrected chi connectivity index (χ4v) is 7.64. The van der Waals surface area contributed by atoms with Gasteiger partial charge in [0.2, 0.25) is 0 Å². The van der Waals surface area contributed by atoms with Gasteiger partial charge in [-0.25, -0.2) is 9.97 Å². The molecule has 0 unspecified atom stereocenters. The third-order valence-corrected chi connectivity index (χ3v) is 10.6. The molecule has 3 aromatic rings. The minimum Gasteiger partial charge on any atom is -0.330 e. The zero-order valence-electron chi connectivity index (χ0n) is 24.6. The molecule has 5 rings (SSSR count). The second kappa shape index (κ2) is 12.8. The summed E-state index contributed by atoms with van der Waals surface area (Å²) in [6.45, 7) is 14.7. The van der Waals surface area contributed by atoms with Crippen molar-refractivity contribution >= 4 is 17.2 Å². The number of thiazole rings is 1. The molecule has 3 nitrogen and oxygen atoms in total. The number of rotatable bonds is 9. The molecule has 39 heavy (non-hydrogen) atoms. The normalized spacial score (nSPS) is 20.3. The maximum Gasteiger partial charge on any atom is 0.133 e. The lowest BCUT2D eigenvalue weighted by Crippen LogP contribution is -2.34. The van der Waals surface area contributed by atoms with Crippen LogP contribution in [0.1, 0.15) is 112 Å². The molecule has 208 valence electrons. The molecule has 2 heterocycles. The fourth-order valence-electron chi connectivity index (χ4n) is 6.73. The molecule has 0 atom stereocenters. The van der Waals surface area contributed by atoms with Crippen LogP contribution >= 0.6 is 11.3 Å². The summed E-state index contributed by atoms with van der Waals surface area (Å²) in [4.78, 5) is 13.4. The van der Waals surface area contributed by atoms with E-state index in [1.807, 2.05) is 23.7 Å². The monoisotopic (exact) mass is 541 g/mol. The van der Waals surface area contributed by atoms with Crippen molar-refractivity contribution < 1.29 is 0 Å². The third-order valence-electron chi connectivity index (χ3n) is 9.25. The van der Waals surface area contributed by atoms with Gasteiger partial charge in [0, 0.05) is 30.6 Å². The quantitative estimate of drug-likeness (QED) is 0.270. The van der Waals surface area contributed by atoms with Crippen molar-refractivity contribution in [2.75, 3.05) is 11.4 Å². The number of anilines is 1. The summed E-state index contributed by atoms with van der Waals surface area (Å²) >= 11 is 1.81. The number of benzene rings is 1. The van der Waals surface area contributed by atoms with Crippen LogP contribution in [0.2, 0.25) is 0 Å². The molecule has 0 saturated heterocycles. The number of pyridine rings is 1. The van der Waals surface area contributed by atoms with Crippen molar-refractivity contribution in [3.05, 3.63) is 76.7 Å². The summed E-state index contributed by atoms with van der Waals surface area (Å²) in [5.41, 5.74) is 7.00. The van der Waals surface area contributed by atoms with Crippen molar-refractivity contribution in [3.8, 4) is 10.4 Å². The van der Waals surface area contributed by atoms with E-state index in [1.165, 1.54) is 90.1 Å². The zero-order chi connectivity index (χ0) is 27.4. The van der Waals surface area contributed by atoms with Gasteiger partial charge >= 0.3 is 0 Å². The van der Waals surface area contributed by atoms with Gasteiger partial charge in [-0.3, -0.25) is 0 Å². The molecule has 4 heteroatoms. The van der Waals surface area contributed by atoms with Crippen LogP contribution in [0, 0.1) is 18.8 Å². The largest absolute Gasteiger partial charge is 0.330 e. The molecule has 0 aliphatic heterocycles. The number of aromatic nitrogens is 2. The summed E-state index contributed by atoms with van der Waals surface area (Å²) in [6, 6.07) is 11.6. The predicted molar refractivity (Wildman–Crippen MR) is 168 cm³/mol. The first-order valence-electron chi connectivity index (χ1n) is 15.4. The van der Waals surface area contributed by atoms with E-state index in [2.05, 4.69) is 67.9 Å². The summed E-state index contributed by atoms with van der Waals surface area (Å²) in [7, 11) is 0. The lowest BCUT2D eigenvalue weighted by atomic mass is 9.77. The number of allylic oxidation sites excluding steroid dienone is 1. The maximum atomic E-state index is 4.93. The van der Waals surface area contributed by atoms with Gasteiger partial charge in [-0.15, -0.1) is 11.3 Å². The van der Waals surface area contributed by atoms with Crippen molar-refractivity contribution in [1.29, 1.82) is 0 Å². The molecule has 0 spiro atoms. The van der Waals surface area contributed by atoms with Crippen molar-refractivity contribution in [3.63, 3.8) is 0 Å². The summed E-state index contributed by atoms with van der Waals surface area (Å²) in [5, 5.41) is 1.20. The van der Waals surface area contributed by atoms with E-state index in [0.717, 1.165) is 18.8 Å². The standard InChI is InChI=1S/C35H47N3S/c1-6-28-16-17-31(20-25(28)4)30-14-12-27(13-15-30)23-38(26(5)29-10-8-7-9-11-29)34-21-32(18-19-36-34)33-22-37-35(39-33)24(2)3/h16-22,24,27,29-30H,5-15,23H2,1-4H3. The van der Waals surface area contributed by atoms with Gasteiger partial charge in [0.05, 0.1) is 9.88 Å². The highest BCUT2D eigenvalue weighted by Gasteiger charge is 2.28. The molecular formula is C35H47N3S. The molecule has 0 N–H and O–H groups in total. The lowest BCUT2D eigenvalue weighted by Gasteiger charge is -2.37. The SMILES string of the molecule is C=C(C1CCCCC1)N(CC1CCC(c2ccc(CC)c(C)c2)CC1)c1cc(-c2cnc(C(C)C)s2)ccn1. The zero-order valence-corrected chi connectivity index (χ0v) is 25.4. The molecule has 1 aromatic carbocycles. The average Bonchev–Trinajstić information content (AvgIpc) is 3.48. The number of hydrogen-bond donors (Lipinski definition) is 0. The first-order chi connectivity index (χ1) is 18.9. The van der Waals surface area contributed by atoms with E-state index in [-0.39, 0.29) is 0 Å². The average molecular weight is 542 g/mol. The van der Waals surface area contributed by atoms with Crippen molar-refractivity contribution in [2.24, 2.45) is 11.8 Å². The molecule has 2 aromatic heterocycles. The molecule has 0 radical (unpaired) electrons. The van der Waals surface area contributed by atoms with Crippen LogP contribution in [0.25, 0.3) is 10.4 Å². The predicted octanol–water partition coefficient (Wildman–Crippen LogP) is 10.1. The van der Waals surface area contributed by atoms with Gasteiger partial charge in [-0.1, -0.05) is 64.8 Å². The van der Waals surface area contributed by atoms with Crippen LogP contribution < -0.4 is 4.90 Å². The number of nitrogens with zero attached hydrogens (tertiary/aromatic N) is 3. The van der Waals surface area contributed by atoms with E-state index in [0.29, 0.717) is 23.7 Å². The Hall–Kier alpha value is -2.46. The minimum absolute atomic E-state index is 0.455. The minimum atomic E-state index is 0.455. The Morgan fingerprint density at radius 2 is 1.77 bits per heavy atom. The number of hydrogen-bond acceptors (Lipinski definition) is 4. The Labute approximate surface area is 240 Å². The molecule has 0 amide bonds. The Balaban J connectivity index is 1.33. The Morgan fingerprint density at radius 1 is 1.00 bits per heavy atom. The van der Waals surface area contributed by atoms with Gasteiger partial charge in [0.25, 0.3) is 0 Å². The summed E-state index contributed by atoms with van der Waals surface area (Å²) < 4.78 is 0. The molecular weight excluding hydrogens is 494 g/mol. The number of aryl methyl sites for hydroxylation is 2. The van der Waals surface area contributed by atoms with E-state index in [1.54, 1.807) is 5.56 Å². The van der Waals surface area contributed by atoms with Crippen LogP contribution in [-0.2, 0) is 6.42 Å². The van der Waals surface area contributed by atoms with Gasteiger partial charge in [0.15, 0.2) is 0 Å². The van der Waals surface area contributed by atoms with E-state index >= 15 is 0 Å². The van der Waals surface area contributed by atoms with Gasteiger partial charge in [0.1, 0.15) is 5.82 Å². The third kappa shape index (κ3) is 6.65. The highest BCUT2D eigenvalue weighted by Crippen LogP contribution is 2.40. The molecule has 2 fully saturated rings. The van der Waals surface area contributed by atoms with Crippen LogP contribution in [0.3, 0.4) is 0 Å². The van der Waals surface area contributed by atoms with Crippen LogP contribution in [0.4, 0.5) is 5.82 Å².